The van der Waals surface area contributed by atoms with Crippen molar-refractivity contribution in [2.24, 2.45) is 0 Å². The summed E-state index contributed by atoms with van der Waals surface area (Å²) in [5, 5.41) is 2.82. The van der Waals surface area contributed by atoms with Crippen molar-refractivity contribution in [3.8, 4) is 11.5 Å². The zero-order chi connectivity index (χ0) is 25.0. The van der Waals surface area contributed by atoms with Crippen LogP contribution in [0.2, 0.25) is 0 Å². The van der Waals surface area contributed by atoms with Gasteiger partial charge in [-0.15, -0.1) is 0 Å². The summed E-state index contributed by atoms with van der Waals surface area (Å²) in [7, 11) is -2.23. The molecule has 0 aliphatic heterocycles. The molecular formula is C26H25N3O5S. The van der Waals surface area contributed by atoms with Crippen molar-refractivity contribution in [1.82, 2.24) is 9.29 Å². The molecule has 9 heteroatoms. The van der Waals surface area contributed by atoms with E-state index in [1.165, 1.54) is 42.5 Å². The number of oxazole rings is 1. The van der Waals surface area contributed by atoms with Gasteiger partial charge < -0.3 is 9.73 Å². The summed E-state index contributed by atoms with van der Waals surface area (Å²) in [4.78, 5) is 28.3. The van der Waals surface area contributed by atoms with Gasteiger partial charge in [0.2, 0.25) is 21.8 Å². The maximum absolute atomic E-state index is 12.7. The van der Waals surface area contributed by atoms with E-state index in [4.69, 9.17) is 4.42 Å². The van der Waals surface area contributed by atoms with Crippen LogP contribution < -0.4 is 5.32 Å². The Bertz CT molecular complexity index is 1430. The zero-order valence-electron chi connectivity index (χ0n) is 19.4. The number of ketones is 1. The van der Waals surface area contributed by atoms with Crippen molar-refractivity contribution in [3.63, 3.8) is 0 Å². The molecule has 35 heavy (non-hydrogen) atoms. The Morgan fingerprint density at radius 1 is 0.971 bits per heavy atom. The molecule has 1 amide bonds. The molecule has 0 saturated carbocycles. The number of carbonyl (C=O) groups is 2. The SMILES string of the molecule is CC(=O)c1ccc(S(=O)(=O)N(C)CCCC(=O)Nc2ccc(-c3nc4ccccc4o3)cc2)cc1. The van der Waals surface area contributed by atoms with Crippen molar-refractivity contribution < 1.29 is 22.4 Å². The highest BCUT2D eigenvalue weighted by molar-refractivity contribution is 7.89. The number of aromatic nitrogens is 1. The lowest BCUT2D eigenvalue weighted by atomic mass is 10.2. The van der Waals surface area contributed by atoms with Gasteiger partial charge in [0.05, 0.1) is 4.90 Å². The lowest BCUT2D eigenvalue weighted by Crippen LogP contribution is -2.28. The van der Waals surface area contributed by atoms with Crippen molar-refractivity contribution in [2.45, 2.75) is 24.7 Å². The van der Waals surface area contributed by atoms with Gasteiger partial charge >= 0.3 is 0 Å². The first-order valence-corrected chi connectivity index (χ1v) is 12.5. The second-order valence-corrected chi connectivity index (χ2v) is 10.2. The highest BCUT2D eigenvalue weighted by Gasteiger charge is 2.21. The van der Waals surface area contributed by atoms with Gasteiger partial charge in [-0.05, 0) is 61.9 Å². The monoisotopic (exact) mass is 491 g/mol. The second kappa shape index (κ2) is 10.2. The number of anilines is 1. The first kappa shape index (κ1) is 24.3. The van der Waals surface area contributed by atoms with Crippen LogP contribution in [-0.4, -0.2) is 43.0 Å². The Hall–Kier alpha value is -3.82. The predicted molar refractivity (Wildman–Crippen MR) is 134 cm³/mol. The quantitative estimate of drug-likeness (QED) is 0.339. The van der Waals surface area contributed by atoms with Gasteiger partial charge in [-0.3, -0.25) is 9.59 Å². The summed E-state index contributed by atoms with van der Waals surface area (Å²) in [5.41, 5.74) is 3.36. The summed E-state index contributed by atoms with van der Waals surface area (Å²) in [5.74, 6) is 0.162. The Kier molecular flexibility index (Phi) is 7.09. The van der Waals surface area contributed by atoms with Gasteiger partial charge in [-0.2, -0.15) is 0 Å². The van der Waals surface area contributed by atoms with Gasteiger partial charge in [0.15, 0.2) is 11.4 Å². The van der Waals surface area contributed by atoms with Crippen LogP contribution in [0.3, 0.4) is 0 Å². The minimum Gasteiger partial charge on any atom is -0.436 e. The molecule has 180 valence electrons. The number of para-hydroxylation sites is 2. The van der Waals surface area contributed by atoms with Crippen LogP contribution in [0.15, 0.2) is 82.1 Å². The molecular weight excluding hydrogens is 466 g/mol. The number of carbonyl (C=O) groups excluding carboxylic acids is 2. The number of nitrogens with one attached hydrogen (secondary N) is 1. The first-order chi connectivity index (χ1) is 16.7. The van der Waals surface area contributed by atoms with Gasteiger partial charge in [0.1, 0.15) is 5.52 Å². The number of rotatable bonds is 9. The minimum absolute atomic E-state index is 0.105. The van der Waals surface area contributed by atoms with E-state index in [1.54, 1.807) is 12.1 Å². The van der Waals surface area contributed by atoms with E-state index in [2.05, 4.69) is 10.3 Å². The van der Waals surface area contributed by atoms with Crippen molar-refractivity contribution in [3.05, 3.63) is 78.4 Å². The molecule has 0 aliphatic carbocycles. The molecule has 0 spiro atoms. The molecule has 4 rings (SSSR count). The van der Waals surface area contributed by atoms with E-state index >= 15 is 0 Å². The smallest absolute Gasteiger partial charge is 0.242 e. The normalized spacial score (nSPS) is 11.6. The highest BCUT2D eigenvalue weighted by atomic mass is 32.2. The maximum atomic E-state index is 12.7. The summed E-state index contributed by atoms with van der Waals surface area (Å²) in [6.45, 7) is 1.61. The van der Waals surface area contributed by atoms with Crippen molar-refractivity contribution >= 4 is 38.5 Å². The third-order valence-electron chi connectivity index (χ3n) is 5.56. The van der Waals surface area contributed by atoms with Crippen LogP contribution in [-0.2, 0) is 14.8 Å². The molecule has 0 atom stereocenters. The fraction of sp³-hybridized carbons (Fsp3) is 0.192. The molecule has 3 aromatic carbocycles. The number of Topliss-reactive ketones (excluding diaryl/α,β-unsaturated/α-hetero) is 1. The molecule has 0 fully saturated rings. The molecule has 1 N–H and O–H groups in total. The Morgan fingerprint density at radius 3 is 2.31 bits per heavy atom. The molecule has 4 aromatic rings. The molecule has 1 aromatic heterocycles. The molecule has 8 nitrogen and oxygen atoms in total. The van der Waals surface area contributed by atoms with Crippen molar-refractivity contribution in [2.75, 3.05) is 18.9 Å². The summed E-state index contributed by atoms with van der Waals surface area (Å²) >= 11 is 0. The van der Waals surface area contributed by atoms with Crippen molar-refractivity contribution in [1.29, 1.82) is 0 Å². The molecule has 0 saturated heterocycles. The van der Waals surface area contributed by atoms with Gasteiger partial charge in [0, 0.05) is 36.8 Å². The predicted octanol–water partition coefficient (Wildman–Crippen LogP) is 4.74. The summed E-state index contributed by atoms with van der Waals surface area (Å²) < 4.78 is 32.4. The van der Waals surface area contributed by atoms with E-state index in [-0.39, 0.29) is 29.6 Å². The van der Waals surface area contributed by atoms with Crippen LogP contribution in [0.5, 0.6) is 0 Å². The van der Waals surface area contributed by atoms with Crippen LogP contribution in [0, 0.1) is 0 Å². The van der Waals surface area contributed by atoms with Gasteiger partial charge in [-0.1, -0.05) is 24.3 Å². The number of hydrogen-bond donors (Lipinski definition) is 1. The van der Waals surface area contributed by atoms with E-state index in [9.17, 15) is 18.0 Å². The van der Waals surface area contributed by atoms with Crippen LogP contribution >= 0.6 is 0 Å². The summed E-state index contributed by atoms with van der Waals surface area (Å²) in [6.07, 6.45) is 0.518. The highest BCUT2D eigenvalue weighted by Crippen LogP contribution is 2.25. The van der Waals surface area contributed by atoms with E-state index in [1.807, 2.05) is 36.4 Å². The van der Waals surface area contributed by atoms with E-state index in [0.29, 0.717) is 29.1 Å². The third kappa shape index (κ3) is 5.64. The van der Waals surface area contributed by atoms with Crippen LogP contribution in [0.1, 0.15) is 30.1 Å². The zero-order valence-corrected chi connectivity index (χ0v) is 20.2. The first-order valence-electron chi connectivity index (χ1n) is 11.1. The van der Waals surface area contributed by atoms with Crippen LogP contribution in [0.25, 0.3) is 22.6 Å². The molecule has 1 heterocycles. The molecule has 0 radical (unpaired) electrons. The van der Waals surface area contributed by atoms with E-state index in [0.717, 1.165) is 11.1 Å². The lowest BCUT2D eigenvalue weighted by Gasteiger charge is -2.17. The van der Waals surface area contributed by atoms with Crippen LogP contribution in [0.4, 0.5) is 5.69 Å². The number of fused-ring (bicyclic) bond motifs is 1. The lowest BCUT2D eigenvalue weighted by molar-refractivity contribution is -0.116. The third-order valence-corrected chi connectivity index (χ3v) is 7.43. The minimum atomic E-state index is -3.70. The van der Waals surface area contributed by atoms with Gasteiger partial charge in [0.25, 0.3) is 0 Å². The number of hydrogen-bond acceptors (Lipinski definition) is 6. The fourth-order valence-electron chi connectivity index (χ4n) is 3.54. The topological polar surface area (TPSA) is 110 Å². The Morgan fingerprint density at radius 2 is 1.66 bits per heavy atom. The molecule has 0 aliphatic rings. The maximum Gasteiger partial charge on any atom is 0.242 e. The average molecular weight is 492 g/mol. The largest absolute Gasteiger partial charge is 0.436 e. The number of benzene rings is 3. The van der Waals surface area contributed by atoms with E-state index < -0.39 is 10.0 Å². The molecule has 0 bridgehead atoms. The summed E-state index contributed by atoms with van der Waals surface area (Å²) in [6, 6.07) is 20.5. The average Bonchev–Trinajstić information content (AvgIpc) is 3.29. The van der Waals surface area contributed by atoms with Gasteiger partial charge in [-0.25, -0.2) is 17.7 Å². The Balaban J connectivity index is 1.29. The Labute approximate surface area is 203 Å². The molecule has 0 unspecified atom stereocenters. The fourth-order valence-corrected chi connectivity index (χ4v) is 4.75. The number of nitrogens with zero attached hydrogens (tertiary/aromatic N) is 2. The number of amides is 1. The second-order valence-electron chi connectivity index (χ2n) is 8.12. The number of sulfonamides is 1. The standard InChI is InChI=1S/C26H25N3O5S/c1-18(30)19-11-15-22(16-12-19)35(32,33)29(2)17-5-8-25(31)27-21-13-9-20(10-14-21)26-28-23-6-3-4-7-24(23)34-26/h3-4,6-7,9-16H,5,8,17H2,1-2H3,(H,27,31).